The summed E-state index contributed by atoms with van der Waals surface area (Å²) in [6.45, 7) is 0. The highest BCUT2D eigenvalue weighted by atomic mass is 35.5. The standard InChI is InChI=1S/C14H12ClFN2O2/c1-20-13-5-3-9(7-12(13)17)18-14(19)8-2-4-10(15)11(16)6-8/h2-7H,17H2,1H3,(H,18,19). The lowest BCUT2D eigenvalue weighted by Gasteiger charge is -2.09. The molecular weight excluding hydrogens is 283 g/mol. The van der Waals surface area contributed by atoms with Gasteiger partial charge < -0.3 is 15.8 Å². The van der Waals surface area contributed by atoms with Gasteiger partial charge in [0.15, 0.2) is 0 Å². The number of methoxy groups -OCH3 is 1. The number of rotatable bonds is 3. The maximum Gasteiger partial charge on any atom is 0.255 e. The SMILES string of the molecule is COc1ccc(NC(=O)c2ccc(Cl)c(F)c2)cc1N. The molecule has 0 aliphatic heterocycles. The third kappa shape index (κ3) is 3.00. The van der Waals surface area contributed by atoms with Crippen molar-refractivity contribution in [3.63, 3.8) is 0 Å². The number of halogens is 2. The Morgan fingerprint density at radius 3 is 2.65 bits per heavy atom. The maximum absolute atomic E-state index is 13.3. The van der Waals surface area contributed by atoms with Crippen LogP contribution < -0.4 is 15.8 Å². The average Bonchev–Trinajstić information content (AvgIpc) is 2.42. The number of hydrogen-bond acceptors (Lipinski definition) is 3. The number of carbonyl (C=O) groups is 1. The van der Waals surface area contributed by atoms with Gasteiger partial charge in [-0.3, -0.25) is 4.79 Å². The Morgan fingerprint density at radius 1 is 1.30 bits per heavy atom. The first-order chi connectivity index (χ1) is 9.51. The number of carbonyl (C=O) groups excluding carboxylic acids is 1. The van der Waals surface area contributed by atoms with E-state index in [1.165, 1.54) is 19.2 Å². The van der Waals surface area contributed by atoms with Crippen LogP contribution in [0.25, 0.3) is 0 Å². The fraction of sp³-hybridized carbons (Fsp3) is 0.0714. The predicted molar refractivity (Wildman–Crippen MR) is 76.8 cm³/mol. The number of amides is 1. The number of nitrogens with one attached hydrogen (secondary N) is 1. The molecule has 3 N–H and O–H groups in total. The van der Waals surface area contributed by atoms with E-state index in [-0.39, 0.29) is 10.6 Å². The van der Waals surface area contributed by atoms with E-state index in [4.69, 9.17) is 22.1 Å². The molecule has 20 heavy (non-hydrogen) atoms. The van der Waals surface area contributed by atoms with Crippen molar-refractivity contribution in [3.05, 3.63) is 52.8 Å². The number of nitrogen functional groups attached to an aromatic ring is 1. The van der Waals surface area contributed by atoms with Gasteiger partial charge >= 0.3 is 0 Å². The average molecular weight is 295 g/mol. The second kappa shape index (κ2) is 5.79. The van der Waals surface area contributed by atoms with Crippen LogP contribution in [0.5, 0.6) is 5.75 Å². The summed E-state index contributed by atoms with van der Waals surface area (Å²) < 4.78 is 18.3. The molecule has 0 bridgehead atoms. The minimum Gasteiger partial charge on any atom is -0.495 e. The quantitative estimate of drug-likeness (QED) is 0.854. The summed E-state index contributed by atoms with van der Waals surface area (Å²) in [5.41, 5.74) is 6.79. The molecule has 2 aromatic rings. The van der Waals surface area contributed by atoms with E-state index in [1.807, 2.05) is 0 Å². The van der Waals surface area contributed by atoms with Gasteiger partial charge in [-0.25, -0.2) is 4.39 Å². The van der Waals surface area contributed by atoms with Crippen LogP contribution in [-0.4, -0.2) is 13.0 Å². The molecule has 2 aromatic carbocycles. The zero-order chi connectivity index (χ0) is 14.7. The second-order valence-corrected chi connectivity index (χ2v) is 4.45. The van der Waals surface area contributed by atoms with E-state index in [0.717, 1.165) is 6.07 Å². The first-order valence-electron chi connectivity index (χ1n) is 5.71. The molecule has 0 saturated carbocycles. The molecule has 0 unspecified atom stereocenters. The molecule has 0 spiro atoms. The van der Waals surface area contributed by atoms with Crippen molar-refractivity contribution in [2.75, 3.05) is 18.2 Å². The molecule has 0 fully saturated rings. The molecule has 1 amide bonds. The molecule has 0 radical (unpaired) electrons. The Hall–Kier alpha value is -2.27. The fourth-order valence-electron chi connectivity index (χ4n) is 1.65. The van der Waals surface area contributed by atoms with Gasteiger partial charge in [0, 0.05) is 11.3 Å². The summed E-state index contributed by atoms with van der Waals surface area (Å²) in [6.07, 6.45) is 0. The van der Waals surface area contributed by atoms with Crippen molar-refractivity contribution in [2.24, 2.45) is 0 Å². The smallest absolute Gasteiger partial charge is 0.255 e. The van der Waals surface area contributed by atoms with E-state index in [9.17, 15) is 9.18 Å². The lowest BCUT2D eigenvalue weighted by Crippen LogP contribution is -2.12. The topological polar surface area (TPSA) is 64.3 Å². The van der Waals surface area contributed by atoms with Gasteiger partial charge in [-0.2, -0.15) is 0 Å². The van der Waals surface area contributed by atoms with E-state index >= 15 is 0 Å². The molecule has 0 heterocycles. The van der Waals surface area contributed by atoms with Gasteiger partial charge in [0.25, 0.3) is 5.91 Å². The number of hydrogen-bond donors (Lipinski definition) is 2. The van der Waals surface area contributed by atoms with Gasteiger partial charge in [0.2, 0.25) is 0 Å². The molecule has 104 valence electrons. The lowest BCUT2D eigenvalue weighted by atomic mass is 10.2. The van der Waals surface area contributed by atoms with Crippen LogP contribution in [0.2, 0.25) is 5.02 Å². The van der Waals surface area contributed by atoms with Gasteiger partial charge in [-0.05, 0) is 36.4 Å². The van der Waals surface area contributed by atoms with Crippen LogP contribution in [0.15, 0.2) is 36.4 Å². The first kappa shape index (κ1) is 14.1. The van der Waals surface area contributed by atoms with E-state index in [1.54, 1.807) is 18.2 Å². The third-order valence-electron chi connectivity index (χ3n) is 2.67. The Labute approximate surface area is 120 Å². The molecule has 0 saturated heterocycles. The van der Waals surface area contributed by atoms with Crippen molar-refractivity contribution >= 4 is 28.9 Å². The highest BCUT2D eigenvalue weighted by Crippen LogP contribution is 2.25. The van der Waals surface area contributed by atoms with Crippen molar-refractivity contribution in [3.8, 4) is 5.75 Å². The van der Waals surface area contributed by atoms with Crippen molar-refractivity contribution in [1.82, 2.24) is 0 Å². The second-order valence-electron chi connectivity index (χ2n) is 4.04. The van der Waals surface area contributed by atoms with Gasteiger partial charge in [-0.1, -0.05) is 11.6 Å². The Balaban J connectivity index is 2.19. The highest BCUT2D eigenvalue weighted by Gasteiger charge is 2.10. The van der Waals surface area contributed by atoms with Crippen molar-refractivity contribution in [2.45, 2.75) is 0 Å². The Morgan fingerprint density at radius 2 is 2.05 bits per heavy atom. The molecule has 0 atom stereocenters. The molecular formula is C14H12ClFN2O2. The van der Waals surface area contributed by atoms with Crippen LogP contribution >= 0.6 is 11.6 Å². The van der Waals surface area contributed by atoms with E-state index in [2.05, 4.69) is 5.32 Å². The third-order valence-corrected chi connectivity index (χ3v) is 2.98. The summed E-state index contributed by atoms with van der Waals surface area (Å²) in [7, 11) is 1.50. The highest BCUT2D eigenvalue weighted by molar-refractivity contribution is 6.30. The van der Waals surface area contributed by atoms with Crippen LogP contribution in [0.1, 0.15) is 10.4 Å². The first-order valence-corrected chi connectivity index (χ1v) is 6.09. The fourth-order valence-corrected chi connectivity index (χ4v) is 1.77. The summed E-state index contributed by atoms with van der Waals surface area (Å²) in [6, 6.07) is 8.67. The number of anilines is 2. The summed E-state index contributed by atoms with van der Waals surface area (Å²) in [5, 5.41) is 2.58. The van der Waals surface area contributed by atoms with Crippen LogP contribution in [0, 0.1) is 5.82 Å². The number of nitrogens with two attached hydrogens (primary N) is 1. The zero-order valence-electron chi connectivity index (χ0n) is 10.6. The number of benzene rings is 2. The summed E-state index contributed by atoms with van der Waals surface area (Å²) >= 11 is 5.56. The summed E-state index contributed by atoms with van der Waals surface area (Å²) in [5.74, 6) is -0.584. The largest absolute Gasteiger partial charge is 0.495 e. The van der Waals surface area contributed by atoms with Gasteiger partial charge in [0.05, 0.1) is 17.8 Å². The lowest BCUT2D eigenvalue weighted by molar-refractivity contribution is 0.102. The summed E-state index contributed by atoms with van der Waals surface area (Å²) in [4.78, 5) is 12.0. The Bertz CT molecular complexity index is 662. The molecule has 0 aromatic heterocycles. The minimum absolute atomic E-state index is 0.0322. The van der Waals surface area contributed by atoms with Gasteiger partial charge in [-0.15, -0.1) is 0 Å². The predicted octanol–water partition coefficient (Wildman–Crippen LogP) is 3.32. The molecule has 0 aliphatic rings. The zero-order valence-corrected chi connectivity index (χ0v) is 11.4. The number of ether oxygens (including phenoxy) is 1. The van der Waals surface area contributed by atoms with Crippen LogP contribution in [0.4, 0.5) is 15.8 Å². The van der Waals surface area contributed by atoms with Crippen molar-refractivity contribution < 1.29 is 13.9 Å². The molecule has 4 nitrogen and oxygen atoms in total. The van der Waals surface area contributed by atoms with Crippen molar-refractivity contribution in [1.29, 1.82) is 0 Å². The minimum atomic E-state index is -0.645. The van der Waals surface area contributed by atoms with Crippen LogP contribution in [0.3, 0.4) is 0 Å². The Kier molecular flexibility index (Phi) is 4.10. The maximum atomic E-state index is 13.3. The van der Waals surface area contributed by atoms with Crippen LogP contribution in [-0.2, 0) is 0 Å². The van der Waals surface area contributed by atoms with Gasteiger partial charge in [0.1, 0.15) is 11.6 Å². The normalized spacial score (nSPS) is 10.2. The van der Waals surface area contributed by atoms with E-state index < -0.39 is 11.7 Å². The monoisotopic (exact) mass is 294 g/mol. The molecule has 0 aliphatic carbocycles. The molecule has 6 heteroatoms. The van der Waals surface area contributed by atoms with E-state index in [0.29, 0.717) is 17.1 Å². The molecule has 2 rings (SSSR count).